The minimum absolute atomic E-state index is 0.214. The van der Waals surface area contributed by atoms with Crippen LogP contribution in [0.3, 0.4) is 0 Å². The van der Waals surface area contributed by atoms with Gasteiger partial charge in [0.2, 0.25) is 5.43 Å². The first-order valence-corrected chi connectivity index (χ1v) is 13.2. The van der Waals surface area contributed by atoms with Crippen molar-refractivity contribution in [3.63, 3.8) is 0 Å². The van der Waals surface area contributed by atoms with Crippen LogP contribution in [0.5, 0.6) is 0 Å². The van der Waals surface area contributed by atoms with Gasteiger partial charge in [-0.3, -0.25) is 4.79 Å². The fourth-order valence-electron chi connectivity index (χ4n) is 6.57. The van der Waals surface area contributed by atoms with Crippen LogP contribution in [-0.4, -0.2) is 75.3 Å². The quantitative estimate of drug-likeness (QED) is 0.316. The van der Waals surface area contributed by atoms with E-state index >= 15 is 0 Å². The van der Waals surface area contributed by atoms with Crippen molar-refractivity contribution in [1.82, 2.24) is 24.4 Å². The zero-order valence-corrected chi connectivity index (χ0v) is 22.3. The van der Waals surface area contributed by atoms with E-state index in [1.165, 1.54) is 18.3 Å². The number of fused-ring (bicyclic) bond motifs is 5. The molecule has 11 heteroatoms. The molecule has 0 spiro atoms. The number of aryl methyl sites for hydroxylation is 1. The molecule has 0 radical (unpaired) electrons. The number of anilines is 2. The van der Waals surface area contributed by atoms with Crippen molar-refractivity contribution < 1.29 is 14.3 Å². The summed E-state index contributed by atoms with van der Waals surface area (Å²) in [4.78, 5) is 42.3. The lowest BCUT2D eigenvalue weighted by atomic mass is 9.82. The van der Waals surface area contributed by atoms with Gasteiger partial charge in [0.15, 0.2) is 0 Å². The maximum Gasteiger partial charge on any atom is 0.341 e. The molecule has 10 nitrogen and oxygen atoms in total. The van der Waals surface area contributed by atoms with Crippen molar-refractivity contribution in [3.8, 4) is 11.1 Å². The predicted molar refractivity (Wildman–Crippen MR) is 153 cm³/mol. The number of aromatic nitrogens is 4. The fourth-order valence-corrected chi connectivity index (χ4v) is 6.57. The first-order chi connectivity index (χ1) is 19.2. The van der Waals surface area contributed by atoms with Crippen molar-refractivity contribution >= 4 is 50.3 Å². The number of hydrogen-bond donors (Lipinski definition) is 3. The Morgan fingerprint density at radius 3 is 2.73 bits per heavy atom. The van der Waals surface area contributed by atoms with Crippen LogP contribution in [0.25, 0.3) is 44.1 Å². The number of halogens is 1. The number of rotatable bonds is 4. The lowest BCUT2D eigenvalue weighted by molar-refractivity contribution is 0.0281. The largest absolute Gasteiger partial charge is 0.477 e. The second kappa shape index (κ2) is 8.75. The number of carbonyl (C=O) groups is 1. The second-order valence-electron chi connectivity index (χ2n) is 10.9. The summed E-state index contributed by atoms with van der Waals surface area (Å²) in [6.07, 6.45) is 5.77. The summed E-state index contributed by atoms with van der Waals surface area (Å²) >= 11 is 0. The summed E-state index contributed by atoms with van der Waals surface area (Å²) in [5, 5.41) is 14.4. The number of aromatic amines is 1. The summed E-state index contributed by atoms with van der Waals surface area (Å²) in [5.41, 5.74) is 3.81. The van der Waals surface area contributed by atoms with Gasteiger partial charge in [-0.2, -0.15) is 0 Å². The zero-order chi connectivity index (χ0) is 27.9. The van der Waals surface area contributed by atoms with Gasteiger partial charge in [0, 0.05) is 74.9 Å². The third kappa shape index (κ3) is 3.50. The van der Waals surface area contributed by atoms with Crippen LogP contribution in [-0.2, 0) is 7.05 Å². The topological polar surface area (TPSA) is 119 Å². The zero-order valence-electron chi connectivity index (χ0n) is 22.3. The molecule has 2 unspecified atom stereocenters. The van der Waals surface area contributed by atoms with E-state index in [0.29, 0.717) is 39.9 Å². The number of benzene rings is 1. The van der Waals surface area contributed by atoms with E-state index in [9.17, 15) is 19.1 Å². The van der Waals surface area contributed by atoms with E-state index in [2.05, 4.69) is 32.1 Å². The average Bonchev–Trinajstić information content (AvgIpc) is 3.31. The highest BCUT2D eigenvalue weighted by Gasteiger charge is 2.41. The van der Waals surface area contributed by atoms with Crippen LogP contribution in [0.15, 0.2) is 41.6 Å². The average molecular weight is 542 g/mol. The maximum atomic E-state index is 14.8. The molecule has 204 valence electrons. The summed E-state index contributed by atoms with van der Waals surface area (Å²) < 4.78 is 16.4. The molecular formula is C29H28FN7O3. The third-order valence-corrected chi connectivity index (χ3v) is 8.62. The summed E-state index contributed by atoms with van der Waals surface area (Å²) in [5.74, 6) is -0.993. The highest BCUT2D eigenvalue weighted by atomic mass is 19.1. The third-order valence-electron chi connectivity index (χ3n) is 8.62. The summed E-state index contributed by atoms with van der Waals surface area (Å²) in [6, 6.07) is 5.09. The van der Waals surface area contributed by atoms with Crippen LogP contribution in [0, 0.1) is 11.7 Å². The van der Waals surface area contributed by atoms with Crippen molar-refractivity contribution in [3.05, 3.63) is 58.4 Å². The molecule has 2 atom stereocenters. The molecule has 5 aromatic rings. The number of hydrogen-bond acceptors (Lipinski definition) is 7. The maximum absolute atomic E-state index is 14.8. The predicted octanol–water partition coefficient (Wildman–Crippen LogP) is 3.65. The van der Waals surface area contributed by atoms with Crippen molar-refractivity contribution in [2.24, 2.45) is 13.0 Å². The highest BCUT2D eigenvalue weighted by Crippen LogP contribution is 2.44. The number of nitrogens with zero attached hydrogens (tertiary/aromatic N) is 5. The molecule has 0 amide bonds. The normalized spacial score (nSPS) is 19.2. The molecule has 40 heavy (non-hydrogen) atoms. The number of H-pyrrole nitrogens is 1. The van der Waals surface area contributed by atoms with Gasteiger partial charge in [-0.25, -0.2) is 19.2 Å². The fraction of sp³-hybridized carbons (Fsp3) is 0.310. The number of piperidine rings is 1. The molecule has 2 saturated heterocycles. The molecule has 0 aliphatic carbocycles. The smallest absolute Gasteiger partial charge is 0.341 e. The first-order valence-electron chi connectivity index (χ1n) is 13.2. The Bertz CT molecular complexity index is 1930. The Morgan fingerprint density at radius 1 is 1.15 bits per heavy atom. The molecule has 1 aromatic carbocycles. The first kappa shape index (κ1) is 24.5. The van der Waals surface area contributed by atoms with Crippen LogP contribution in [0.1, 0.15) is 16.8 Å². The number of likely N-dealkylation sites (N-methyl/N-ethyl adjacent to an activating group) is 1. The van der Waals surface area contributed by atoms with E-state index in [1.54, 1.807) is 37.1 Å². The van der Waals surface area contributed by atoms with Crippen molar-refractivity contribution in [2.45, 2.75) is 12.5 Å². The van der Waals surface area contributed by atoms with Crippen LogP contribution >= 0.6 is 0 Å². The lowest BCUT2D eigenvalue weighted by Crippen LogP contribution is -2.62. The standard InChI is InChI=1S/C29H28FN7O3/c1-31-21-8-16(30)7-17-23-25(37-5-4-14-11-35(2)22(14)13-37)19(10-32-27(23)34-24(17)21)15-6-18-26(38)20(29(39)40)12-36(3)28(18)33-9-15/h6-10,12,14,22,31H,4-5,11,13H2,1-3H3,(H,32,34)(H,39,40). The monoisotopic (exact) mass is 541 g/mol. The number of carboxylic acid groups (broad SMARTS) is 1. The van der Waals surface area contributed by atoms with E-state index in [1.807, 2.05) is 0 Å². The number of pyridine rings is 3. The molecule has 2 aliphatic heterocycles. The van der Waals surface area contributed by atoms with Crippen LogP contribution < -0.4 is 15.6 Å². The molecule has 6 heterocycles. The van der Waals surface area contributed by atoms with Crippen molar-refractivity contribution in [2.75, 3.05) is 43.9 Å². The van der Waals surface area contributed by atoms with Gasteiger partial charge in [-0.15, -0.1) is 0 Å². The summed E-state index contributed by atoms with van der Waals surface area (Å²) in [6.45, 7) is 2.72. The van der Waals surface area contributed by atoms with Crippen LogP contribution in [0.4, 0.5) is 15.8 Å². The lowest BCUT2D eigenvalue weighted by Gasteiger charge is -2.52. The Hall–Kier alpha value is -4.51. The van der Waals surface area contributed by atoms with Gasteiger partial charge in [0.1, 0.15) is 22.7 Å². The molecule has 4 aromatic heterocycles. The number of likely N-dealkylation sites (tertiary alicyclic amines) is 1. The Morgan fingerprint density at radius 2 is 1.98 bits per heavy atom. The van der Waals surface area contributed by atoms with Gasteiger partial charge in [0.25, 0.3) is 0 Å². The molecule has 0 saturated carbocycles. The van der Waals surface area contributed by atoms with Gasteiger partial charge in [0.05, 0.1) is 27.7 Å². The van der Waals surface area contributed by atoms with Gasteiger partial charge >= 0.3 is 5.97 Å². The Balaban J connectivity index is 1.52. The molecule has 0 bridgehead atoms. The number of nitrogens with one attached hydrogen (secondary N) is 2. The van der Waals surface area contributed by atoms with Gasteiger partial charge in [-0.05, 0) is 37.6 Å². The van der Waals surface area contributed by atoms with E-state index in [-0.39, 0.29) is 16.8 Å². The van der Waals surface area contributed by atoms with Crippen molar-refractivity contribution in [1.29, 1.82) is 0 Å². The molecule has 3 N–H and O–H groups in total. The minimum atomic E-state index is -1.29. The second-order valence-corrected chi connectivity index (χ2v) is 10.9. The summed E-state index contributed by atoms with van der Waals surface area (Å²) in [7, 11) is 5.55. The molecule has 7 rings (SSSR count). The van der Waals surface area contributed by atoms with E-state index < -0.39 is 11.4 Å². The van der Waals surface area contributed by atoms with E-state index in [4.69, 9.17) is 4.98 Å². The Labute approximate surface area is 228 Å². The highest BCUT2D eigenvalue weighted by molar-refractivity contribution is 6.18. The molecule has 2 aliphatic rings. The molecular weight excluding hydrogens is 513 g/mol. The van der Waals surface area contributed by atoms with Crippen LogP contribution in [0.2, 0.25) is 0 Å². The minimum Gasteiger partial charge on any atom is -0.477 e. The number of aromatic carboxylic acids is 1. The Kier molecular flexibility index (Phi) is 5.36. The van der Waals surface area contributed by atoms with Gasteiger partial charge < -0.3 is 29.8 Å². The van der Waals surface area contributed by atoms with Gasteiger partial charge in [-0.1, -0.05) is 0 Å². The SMILES string of the molecule is CNc1cc(F)cc2c1[nH]c1ncc(-c3cnc4c(c3)c(=O)c(C(=O)O)cn4C)c(N3CCC4CN(C)C4C3)c12. The van der Waals surface area contributed by atoms with E-state index in [0.717, 1.165) is 48.2 Å². The molecule has 2 fully saturated rings. The number of carboxylic acids is 1.